The lowest BCUT2D eigenvalue weighted by molar-refractivity contribution is 0.340. The van der Waals surface area contributed by atoms with Crippen LogP contribution in [0.4, 0.5) is 0 Å². The summed E-state index contributed by atoms with van der Waals surface area (Å²) in [6.07, 6.45) is 1.58. The number of hydrogen-bond donors (Lipinski definition) is 0. The Kier molecular flexibility index (Phi) is 5.07. The van der Waals surface area contributed by atoms with E-state index in [1.165, 1.54) is 6.07 Å². The van der Waals surface area contributed by atoms with E-state index in [2.05, 4.69) is 15.2 Å². The van der Waals surface area contributed by atoms with Crippen molar-refractivity contribution in [1.82, 2.24) is 19.9 Å². The van der Waals surface area contributed by atoms with Crippen molar-refractivity contribution in [3.05, 3.63) is 71.0 Å². The number of benzene rings is 2. The van der Waals surface area contributed by atoms with Gasteiger partial charge < -0.3 is 14.0 Å². The highest BCUT2D eigenvalue weighted by Crippen LogP contribution is 2.23. The molecule has 8 heteroatoms. The van der Waals surface area contributed by atoms with Gasteiger partial charge in [0, 0.05) is 17.8 Å². The zero-order chi connectivity index (χ0) is 20.2. The molecule has 29 heavy (non-hydrogen) atoms. The highest BCUT2D eigenvalue weighted by Gasteiger charge is 2.16. The van der Waals surface area contributed by atoms with Crippen LogP contribution in [0.2, 0.25) is 0 Å². The standard InChI is InChI=1S/C21H18N4O4/c1-3-28-17-6-4-5-14(13-17)20-22-21(29-24-20)19-18(26)11-12-25(23-19)15-7-9-16(27-2)10-8-15/h4-13H,3H2,1-2H3. The van der Waals surface area contributed by atoms with Crippen molar-refractivity contribution < 1.29 is 14.0 Å². The Bertz CT molecular complexity index is 1180. The summed E-state index contributed by atoms with van der Waals surface area (Å²) in [6, 6.07) is 16.0. The van der Waals surface area contributed by atoms with Gasteiger partial charge >= 0.3 is 0 Å². The lowest BCUT2D eigenvalue weighted by Crippen LogP contribution is -2.12. The zero-order valence-electron chi connectivity index (χ0n) is 15.9. The fourth-order valence-electron chi connectivity index (χ4n) is 2.76. The van der Waals surface area contributed by atoms with Crippen LogP contribution in [0.25, 0.3) is 28.7 Å². The minimum Gasteiger partial charge on any atom is -0.497 e. The number of methoxy groups -OCH3 is 1. The van der Waals surface area contributed by atoms with E-state index in [0.717, 1.165) is 17.0 Å². The number of ether oxygens (including phenoxy) is 2. The maximum absolute atomic E-state index is 12.3. The van der Waals surface area contributed by atoms with E-state index in [0.29, 0.717) is 18.2 Å². The van der Waals surface area contributed by atoms with Crippen molar-refractivity contribution in [2.45, 2.75) is 6.92 Å². The van der Waals surface area contributed by atoms with E-state index >= 15 is 0 Å². The summed E-state index contributed by atoms with van der Waals surface area (Å²) < 4.78 is 17.5. The van der Waals surface area contributed by atoms with E-state index in [-0.39, 0.29) is 17.0 Å². The van der Waals surface area contributed by atoms with Crippen molar-refractivity contribution in [3.8, 4) is 40.2 Å². The van der Waals surface area contributed by atoms with Gasteiger partial charge in [-0.05, 0) is 43.3 Å². The average molecular weight is 390 g/mol. The van der Waals surface area contributed by atoms with E-state index < -0.39 is 0 Å². The maximum atomic E-state index is 12.3. The van der Waals surface area contributed by atoms with Crippen molar-refractivity contribution in [2.24, 2.45) is 0 Å². The Hall–Kier alpha value is -3.94. The van der Waals surface area contributed by atoms with Crippen LogP contribution in [-0.2, 0) is 0 Å². The average Bonchev–Trinajstić information content (AvgIpc) is 3.25. The lowest BCUT2D eigenvalue weighted by Gasteiger charge is -2.06. The van der Waals surface area contributed by atoms with E-state index in [9.17, 15) is 4.79 Å². The fraction of sp³-hybridized carbons (Fsp3) is 0.143. The van der Waals surface area contributed by atoms with Crippen LogP contribution in [0.5, 0.6) is 11.5 Å². The zero-order valence-corrected chi connectivity index (χ0v) is 15.9. The van der Waals surface area contributed by atoms with E-state index in [4.69, 9.17) is 14.0 Å². The Balaban J connectivity index is 1.68. The van der Waals surface area contributed by atoms with Crippen LogP contribution in [0.15, 0.2) is 70.1 Å². The normalized spacial score (nSPS) is 10.7. The summed E-state index contributed by atoms with van der Waals surface area (Å²) in [5.41, 5.74) is 1.24. The molecular formula is C21H18N4O4. The highest BCUT2D eigenvalue weighted by molar-refractivity contribution is 5.59. The second-order valence-corrected chi connectivity index (χ2v) is 6.06. The highest BCUT2D eigenvalue weighted by atomic mass is 16.5. The molecule has 2 aromatic heterocycles. The lowest BCUT2D eigenvalue weighted by atomic mass is 10.2. The fourth-order valence-corrected chi connectivity index (χ4v) is 2.76. The van der Waals surface area contributed by atoms with Gasteiger partial charge in [0.05, 0.1) is 19.4 Å². The summed E-state index contributed by atoms with van der Waals surface area (Å²) in [6.45, 7) is 2.47. The summed E-state index contributed by atoms with van der Waals surface area (Å²) >= 11 is 0. The molecular weight excluding hydrogens is 372 g/mol. The van der Waals surface area contributed by atoms with Crippen LogP contribution in [-0.4, -0.2) is 33.6 Å². The van der Waals surface area contributed by atoms with Crippen molar-refractivity contribution >= 4 is 0 Å². The van der Waals surface area contributed by atoms with Crippen LogP contribution in [0.1, 0.15) is 6.92 Å². The van der Waals surface area contributed by atoms with Crippen LogP contribution < -0.4 is 14.9 Å². The minimum absolute atomic E-state index is 0.0506. The monoisotopic (exact) mass is 390 g/mol. The quantitative estimate of drug-likeness (QED) is 0.498. The summed E-state index contributed by atoms with van der Waals surface area (Å²) in [7, 11) is 1.60. The molecule has 2 heterocycles. The van der Waals surface area contributed by atoms with Gasteiger partial charge in [-0.25, -0.2) is 4.68 Å². The third-order valence-electron chi connectivity index (χ3n) is 4.18. The van der Waals surface area contributed by atoms with Gasteiger partial charge in [-0.15, -0.1) is 0 Å². The number of aromatic nitrogens is 4. The molecule has 0 unspecified atom stereocenters. The predicted octanol–water partition coefficient (Wildman–Crippen LogP) is 3.36. The Morgan fingerprint density at radius 1 is 1.07 bits per heavy atom. The summed E-state index contributed by atoms with van der Waals surface area (Å²) in [4.78, 5) is 16.7. The molecule has 0 atom stereocenters. The van der Waals surface area contributed by atoms with Crippen LogP contribution in [0, 0.1) is 0 Å². The summed E-state index contributed by atoms with van der Waals surface area (Å²) in [5, 5.41) is 8.35. The van der Waals surface area contributed by atoms with Crippen molar-refractivity contribution in [1.29, 1.82) is 0 Å². The molecule has 0 saturated carbocycles. The van der Waals surface area contributed by atoms with Gasteiger partial charge in [-0.1, -0.05) is 17.3 Å². The molecule has 0 fully saturated rings. The van der Waals surface area contributed by atoms with Crippen LogP contribution in [0.3, 0.4) is 0 Å². The molecule has 8 nitrogen and oxygen atoms in total. The Labute approximate surface area is 166 Å². The second-order valence-electron chi connectivity index (χ2n) is 6.06. The van der Waals surface area contributed by atoms with Gasteiger partial charge in [0.25, 0.3) is 5.89 Å². The number of nitrogens with zero attached hydrogens (tertiary/aromatic N) is 4. The van der Waals surface area contributed by atoms with Gasteiger partial charge in [0.15, 0.2) is 5.69 Å². The molecule has 0 spiro atoms. The molecule has 4 rings (SSSR count). The smallest absolute Gasteiger partial charge is 0.282 e. The molecule has 0 radical (unpaired) electrons. The Morgan fingerprint density at radius 3 is 2.66 bits per heavy atom. The minimum atomic E-state index is -0.312. The third kappa shape index (κ3) is 3.86. The first-order valence-electron chi connectivity index (χ1n) is 8.99. The molecule has 0 bridgehead atoms. The second kappa shape index (κ2) is 7.97. The largest absolute Gasteiger partial charge is 0.497 e. The molecule has 2 aromatic carbocycles. The molecule has 0 N–H and O–H groups in total. The third-order valence-corrected chi connectivity index (χ3v) is 4.18. The SMILES string of the molecule is CCOc1cccc(-c2noc(-c3nn(-c4ccc(OC)cc4)ccc3=O)n2)c1. The molecule has 4 aromatic rings. The Morgan fingerprint density at radius 2 is 1.90 bits per heavy atom. The maximum Gasteiger partial charge on any atom is 0.282 e. The molecule has 146 valence electrons. The van der Waals surface area contributed by atoms with Gasteiger partial charge in [-0.2, -0.15) is 10.1 Å². The van der Waals surface area contributed by atoms with E-state index in [1.807, 2.05) is 55.5 Å². The van der Waals surface area contributed by atoms with Crippen molar-refractivity contribution in [2.75, 3.05) is 13.7 Å². The van der Waals surface area contributed by atoms with Gasteiger partial charge in [0.1, 0.15) is 11.5 Å². The van der Waals surface area contributed by atoms with E-state index in [1.54, 1.807) is 18.0 Å². The predicted molar refractivity (Wildman–Crippen MR) is 106 cm³/mol. The van der Waals surface area contributed by atoms with Crippen molar-refractivity contribution in [3.63, 3.8) is 0 Å². The first kappa shape index (κ1) is 18.4. The molecule has 0 aliphatic heterocycles. The van der Waals surface area contributed by atoms with Gasteiger partial charge in [-0.3, -0.25) is 4.79 Å². The molecule has 0 saturated heterocycles. The summed E-state index contributed by atoms with van der Waals surface area (Å²) in [5.74, 6) is 1.83. The number of rotatable bonds is 6. The first-order valence-corrected chi connectivity index (χ1v) is 8.99. The molecule has 0 aliphatic rings. The molecule has 0 amide bonds. The topological polar surface area (TPSA) is 92.3 Å². The first-order chi connectivity index (χ1) is 14.2. The number of hydrogen-bond acceptors (Lipinski definition) is 7. The van der Waals surface area contributed by atoms with Gasteiger partial charge in [0.2, 0.25) is 11.3 Å². The molecule has 0 aliphatic carbocycles. The van der Waals surface area contributed by atoms with Crippen LogP contribution >= 0.6 is 0 Å².